The van der Waals surface area contributed by atoms with E-state index in [0.29, 0.717) is 6.61 Å². The first-order valence-electron chi connectivity index (χ1n) is 6.67. The van der Waals surface area contributed by atoms with Crippen molar-refractivity contribution in [2.45, 2.75) is 53.2 Å². The molecule has 0 aliphatic carbocycles. The first-order chi connectivity index (χ1) is 8.68. The number of hydrogen-bond donors (Lipinski definition) is 1. The summed E-state index contributed by atoms with van der Waals surface area (Å²) in [5, 5.41) is 2.92. The van der Waals surface area contributed by atoms with Gasteiger partial charge < -0.3 is 10.1 Å². The first-order valence-corrected chi connectivity index (χ1v) is 6.67. The van der Waals surface area contributed by atoms with Gasteiger partial charge in [0.15, 0.2) is 0 Å². The second-order valence-electron chi connectivity index (χ2n) is 6.81. The molecule has 0 aliphatic rings. The molecule has 0 bridgehead atoms. The van der Waals surface area contributed by atoms with Crippen molar-refractivity contribution in [3.63, 3.8) is 0 Å². The molecule has 0 fully saturated rings. The van der Waals surface area contributed by atoms with Crippen LogP contribution in [0.15, 0.2) is 30.3 Å². The van der Waals surface area contributed by atoms with Crippen LogP contribution < -0.4 is 5.32 Å². The highest BCUT2D eigenvalue weighted by atomic mass is 16.5. The van der Waals surface area contributed by atoms with Crippen molar-refractivity contribution in [2.75, 3.05) is 0 Å². The van der Waals surface area contributed by atoms with Gasteiger partial charge in [-0.15, -0.1) is 0 Å². The highest BCUT2D eigenvalue weighted by Crippen LogP contribution is 2.26. The smallest absolute Gasteiger partial charge is 0.407 e. The van der Waals surface area contributed by atoms with Crippen LogP contribution >= 0.6 is 0 Å². The summed E-state index contributed by atoms with van der Waals surface area (Å²) < 4.78 is 5.23. The molecule has 1 N–H and O–H groups in total. The van der Waals surface area contributed by atoms with Crippen LogP contribution in [0.25, 0.3) is 0 Å². The molecule has 1 amide bonds. The van der Waals surface area contributed by atoms with Gasteiger partial charge in [0.25, 0.3) is 0 Å². The van der Waals surface area contributed by atoms with Gasteiger partial charge in [-0.2, -0.15) is 0 Å². The second-order valence-corrected chi connectivity index (χ2v) is 6.81. The molecule has 0 heterocycles. The number of hydrogen-bond acceptors (Lipinski definition) is 2. The van der Waals surface area contributed by atoms with Gasteiger partial charge in [-0.1, -0.05) is 51.1 Å². The zero-order valence-corrected chi connectivity index (χ0v) is 12.6. The van der Waals surface area contributed by atoms with Crippen molar-refractivity contribution >= 4 is 6.09 Å². The molecule has 0 radical (unpaired) electrons. The molecule has 3 heteroatoms. The Labute approximate surface area is 116 Å². The molecule has 0 saturated heterocycles. The summed E-state index contributed by atoms with van der Waals surface area (Å²) in [6.07, 6.45) is 0.526. The standard InChI is InChI=1S/C16H25NO2/c1-15(2,3)12-16(4,5)17-14(18)19-11-13-9-7-6-8-10-13/h6-10H,11-12H2,1-5H3,(H,17,18). The van der Waals surface area contributed by atoms with Crippen LogP contribution in [-0.2, 0) is 11.3 Å². The summed E-state index contributed by atoms with van der Waals surface area (Å²) in [5.41, 5.74) is 0.883. The minimum absolute atomic E-state index is 0.163. The van der Waals surface area contributed by atoms with Crippen molar-refractivity contribution < 1.29 is 9.53 Å². The zero-order chi connectivity index (χ0) is 14.5. The average Bonchev–Trinajstić information content (AvgIpc) is 2.23. The van der Waals surface area contributed by atoms with Gasteiger partial charge in [0.05, 0.1) is 0 Å². The predicted molar refractivity (Wildman–Crippen MR) is 77.9 cm³/mol. The lowest BCUT2D eigenvalue weighted by atomic mass is 9.82. The number of nitrogens with one attached hydrogen (secondary N) is 1. The summed E-state index contributed by atoms with van der Waals surface area (Å²) in [6, 6.07) is 9.68. The fourth-order valence-electron chi connectivity index (χ4n) is 2.41. The SMILES string of the molecule is CC(C)(C)CC(C)(C)NC(=O)OCc1ccccc1. The number of amides is 1. The molecule has 19 heavy (non-hydrogen) atoms. The maximum Gasteiger partial charge on any atom is 0.407 e. The molecule has 1 aromatic rings. The van der Waals surface area contributed by atoms with Crippen LogP contribution in [0.3, 0.4) is 0 Å². The number of carbonyl (C=O) groups excluding carboxylic acids is 1. The summed E-state index contributed by atoms with van der Waals surface area (Å²) >= 11 is 0. The van der Waals surface area contributed by atoms with E-state index in [2.05, 4.69) is 26.1 Å². The van der Waals surface area contributed by atoms with Crippen molar-refractivity contribution in [1.29, 1.82) is 0 Å². The maximum atomic E-state index is 11.8. The summed E-state index contributed by atoms with van der Waals surface area (Å²) in [7, 11) is 0. The largest absolute Gasteiger partial charge is 0.445 e. The number of rotatable bonds is 4. The van der Waals surface area contributed by atoms with E-state index in [1.165, 1.54) is 0 Å². The van der Waals surface area contributed by atoms with Crippen molar-refractivity contribution in [2.24, 2.45) is 5.41 Å². The molecule has 0 unspecified atom stereocenters. The lowest BCUT2D eigenvalue weighted by Gasteiger charge is -2.32. The molecule has 3 nitrogen and oxygen atoms in total. The first kappa shape index (κ1) is 15.5. The van der Waals surface area contributed by atoms with Gasteiger partial charge in [0.2, 0.25) is 0 Å². The van der Waals surface area contributed by atoms with Gasteiger partial charge in [-0.25, -0.2) is 4.79 Å². The van der Waals surface area contributed by atoms with E-state index in [9.17, 15) is 4.79 Å². The van der Waals surface area contributed by atoms with E-state index in [0.717, 1.165) is 12.0 Å². The normalized spacial score (nSPS) is 12.1. The van der Waals surface area contributed by atoms with Crippen molar-refractivity contribution in [3.05, 3.63) is 35.9 Å². The van der Waals surface area contributed by atoms with Gasteiger partial charge in [-0.3, -0.25) is 0 Å². The highest BCUT2D eigenvalue weighted by Gasteiger charge is 2.27. The lowest BCUT2D eigenvalue weighted by Crippen LogP contribution is -2.45. The van der Waals surface area contributed by atoms with Crippen LogP contribution in [0.4, 0.5) is 4.79 Å². The lowest BCUT2D eigenvalue weighted by molar-refractivity contribution is 0.123. The Morgan fingerprint density at radius 3 is 2.21 bits per heavy atom. The predicted octanol–water partition coefficient (Wildman–Crippen LogP) is 4.13. The van der Waals surface area contributed by atoms with Crippen LogP contribution in [-0.4, -0.2) is 11.6 Å². The third-order valence-electron chi connectivity index (χ3n) is 2.63. The molecular weight excluding hydrogens is 238 g/mol. The van der Waals surface area contributed by atoms with E-state index in [4.69, 9.17) is 4.74 Å². The van der Waals surface area contributed by atoms with E-state index in [1.807, 2.05) is 44.2 Å². The van der Waals surface area contributed by atoms with Gasteiger partial charge in [0.1, 0.15) is 6.61 Å². The molecule has 1 aromatic carbocycles. The highest BCUT2D eigenvalue weighted by molar-refractivity contribution is 5.68. The average molecular weight is 263 g/mol. The quantitative estimate of drug-likeness (QED) is 0.887. The van der Waals surface area contributed by atoms with E-state index < -0.39 is 0 Å². The van der Waals surface area contributed by atoms with Crippen LogP contribution in [0, 0.1) is 5.41 Å². The molecule has 106 valence electrons. The maximum absolute atomic E-state index is 11.8. The molecule has 0 aromatic heterocycles. The van der Waals surface area contributed by atoms with Crippen LogP contribution in [0.5, 0.6) is 0 Å². The van der Waals surface area contributed by atoms with Crippen molar-refractivity contribution in [3.8, 4) is 0 Å². The Bertz CT molecular complexity index is 405. The summed E-state index contributed by atoms with van der Waals surface area (Å²) in [6.45, 7) is 10.8. The monoisotopic (exact) mass is 263 g/mol. The van der Waals surface area contributed by atoms with E-state index in [1.54, 1.807) is 0 Å². The van der Waals surface area contributed by atoms with Crippen molar-refractivity contribution in [1.82, 2.24) is 5.32 Å². The number of carbonyl (C=O) groups is 1. The van der Waals surface area contributed by atoms with E-state index in [-0.39, 0.29) is 17.0 Å². The second kappa shape index (κ2) is 6.09. The van der Waals surface area contributed by atoms with Gasteiger partial charge in [0, 0.05) is 5.54 Å². The summed E-state index contributed by atoms with van der Waals surface area (Å²) in [4.78, 5) is 11.8. The molecule has 0 spiro atoms. The minimum atomic E-state index is -0.363. The molecule has 0 aliphatic heterocycles. The molecule has 0 saturated carbocycles. The molecule has 1 rings (SSSR count). The fraction of sp³-hybridized carbons (Fsp3) is 0.562. The Morgan fingerprint density at radius 2 is 1.68 bits per heavy atom. The zero-order valence-electron chi connectivity index (χ0n) is 12.6. The molecular formula is C16H25NO2. The Kier molecular flexibility index (Phi) is 4.98. The number of benzene rings is 1. The minimum Gasteiger partial charge on any atom is -0.445 e. The number of alkyl carbamates (subject to hydrolysis) is 1. The Hall–Kier alpha value is -1.51. The van der Waals surface area contributed by atoms with Crippen LogP contribution in [0.1, 0.15) is 46.6 Å². The number of ether oxygens (including phenoxy) is 1. The topological polar surface area (TPSA) is 38.3 Å². The molecule has 0 atom stereocenters. The fourth-order valence-corrected chi connectivity index (χ4v) is 2.41. The Balaban J connectivity index is 2.43. The van der Waals surface area contributed by atoms with Crippen LogP contribution in [0.2, 0.25) is 0 Å². The van der Waals surface area contributed by atoms with Gasteiger partial charge in [-0.05, 0) is 31.2 Å². The third-order valence-corrected chi connectivity index (χ3v) is 2.63. The Morgan fingerprint density at radius 1 is 1.11 bits per heavy atom. The third kappa shape index (κ3) is 6.85. The van der Waals surface area contributed by atoms with Gasteiger partial charge >= 0.3 is 6.09 Å². The summed E-state index contributed by atoms with van der Waals surface area (Å²) in [5.74, 6) is 0. The van der Waals surface area contributed by atoms with E-state index >= 15 is 0 Å².